The normalized spacial score (nSPS) is 11.2. The van der Waals surface area contributed by atoms with Crippen LogP contribution >= 0.6 is 0 Å². The average Bonchev–Trinajstić information content (AvgIpc) is 2.89. The molecule has 0 atom stereocenters. The Hall–Kier alpha value is -5.76. The highest BCUT2D eigenvalue weighted by molar-refractivity contribution is 5.88. The van der Waals surface area contributed by atoms with E-state index in [0.29, 0.717) is 39.9 Å². The van der Waals surface area contributed by atoms with Gasteiger partial charge in [0.1, 0.15) is 29.3 Å². The van der Waals surface area contributed by atoms with Crippen molar-refractivity contribution in [3.05, 3.63) is 90.8 Å². The lowest BCUT2D eigenvalue weighted by molar-refractivity contribution is 0.259. The van der Waals surface area contributed by atoms with Gasteiger partial charge in [-0.05, 0) is 36.4 Å². The number of hydrogen-bond donors (Lipinski definition) is 3. The lowest BCUT2D eigenvalue weighted by Crippen LogP contribution is -2.19. The Bertz CT molecular complexity index is 1530. The van der Waals surface area contributed by atoms with Gasteiger partial charge < -0.3 is 35.3 Å². The SMILES string of the molecule is N#Cc1cc(Oc2ccccc2)cc(Oc2nc(Oc3cccc(NC(N)=O)c3)nc3c2NC=CO3)c1. The summed E-state index contributed by atoms with van der Waals surface area (Å²) < 4.78 is 23.2. The molecule has 4 N–H and O–H groups in total. The first-order chi connectivity index (χ1) is 18.1. The summed E-state index contributed by atoms with van der Waals surface area (Å²) in [6, 6.07) is 21.7. The molecule has 0 radical (unpaired) electrons. The predicted octanol–water partition coefficient (Wildman–Crippen LogP) is 5.49. The molecule has 4 aromatic rings. The van der Waals surface area contributed by atoms with Gasteiger partial charge in [0.25, 0.3) is 11.8 Å². The van der Waals surface area contributed by atoms with E-state index in [4.69, 9.17) is 24.7 Å². The fourth-order valence-electron chi connectivity index (χ4n) is 3.32. The molecule has 5 rings (SSSR count). The molecule has 1 aromatic heterocycles. The van der Waals surface area contributed by atoms with Gasteiger partial charge in [-0.15, -0.1) is 0 Å². The number of primary amides is 1. The Labute approximate surface area is 210 Å². The van der Waals surface area contributed by atoms with Crippen LogP contribution < -0.4 is 35.3 Å². The number of nitrogens with one attached hydrogen (secondary N) is 2. The number of anilines is 2. The lowest BCUT2D eigenvalue weighted by Gasteiger charge is -2.17. The number of hydrogen-bond acceptors (Lipinski definition) is 9. The fourth-order valence-corrected chi connectivity index (χ4v) is 3.32. The number of aromatic nitrogens is 2. The monoisotopic (exact) mass is 494 g/mol. The van der Waals surface area contributed by atoms with Crippen molar-refractivity contribution >= 4 is 17.4 Å². The number of rotatable bonds is 7. The van der Waals surface area contributed by atoms with Gasteiger partial charge in [0, 0.05) is 24.0 Å². The van der Waals surface area contributed by atoms with E-state index in [2.05, 4.69) is 26.7 Å². The van der Waals surface area contributed by atoms with Gasteiger partial charge in [-0.1, -0.05) is 24.3 Å². The molecule has 11 nitrogen and oxygen atoms in total. The number of para-hydroxylation sites is 1. The quantitative estimate of drug-likeness (QED) is 0.302. The molecule has 11 heteroatoms. The number of carbonyl (C=O) groups is 1. The second kappa shape index (κ2) is 10.2. The van der Waals surface area contributed by atoms with Crippen LogP contribution in [-0.2, 0) is 0 Å². The summed E-state index contributed by atoms with van der Waals surface area (Å²) in [5, 5.41) is 15.0. The van der Waals surface area contributed by atoms with E-state index < -0.39 is 6.03 Å². The van der Waals surface area contributed by atoms with Crippen LogP contribution in [0, 0.1) is 11.3 Å². The van der Waals surface area contributed by atoms with Crippen LogP contribution in [0.15, 0.2) is 85.3 Å². The highest BCUT2D eigenvalue weighted by Gasteiger charge is 2.21. The highest BCUT2D eigenvalue weighted by atomic mass is 16.5. The van der Waals surface area contributed by atoms with E-state index in [1.54, 1.807) is 60.8 Å². The predicted molar refractivity (Wildman–Crippen MR) is 133 cm³/mol. The molecule has 0 unspecified atom stereocenters. The molecule has 0 saturated heterocycles. The molecule has 2 heterocycles. The van der Waals surface area contributed by atoms with E-state index in [1.807, 2.05) is 18.2 Å². The number of nitrogens with two attached hydrogens (primary N) is 1. The van der Waals surface area contributed by atoms with Crippen molar-refractivity contribution < 1.29 is 23.7 Å². The van der Waals surface area contributed by atoms with Gasteiger partial charge in [0.15, 0.2) is 5.69 Å². The second-order valence-corrected chi connectivity index (χ2v) is 7.50. The number of nitriles is 1. The molecule has 0 fully saturated rings. The molecule has 0 spiro atoms. The molecule has 37 heavy (non-hydrogen) atoms. The number of nitrogens with zero attached hydrogens (tertiary/aromatic N) is 3. The summed E-state index contributed by atoms with van der Waals surface area (Å²) in [6.07, 6.45) is 2.95. The topological polar surface area (TPSA) is 154 Å². The van der Waals surface area contributed by atoms with Gasteiger partial charge >= 0.3 is 12.0 Å². The van der Waals surface area contributed by atoms with Crippen LogP contribution in [0.25, 0.3) is 0 Å². The van der Waals surface area contributed by atoms with Crippen molar-refractivity contribution in [2.75, 3.05) is 10.6 Å². The minimum Gasteiger partial charge on any atom is -0.457 e. The summed E-state index contributed by atoms with van der Waals surface area (Å²) in [7, 11) is 0. The minimum absolute atomic E-state index is 0.0801. The summed E-state index contributed by atoms with van der Waals surface area (Å²) in [5.41, 5.74) is 6.29. The van der Waals surface area contributed by atoms with Crippen molar-refractivity contribution in [3.8, 4) is 46.8 Å². The zero-order chi connectivity index (χ0) is 25.6. The second-order valence-electron chi connectivity index (χ2n) is 7.50. The van der Waals surface area contributed by atoms with E-state index in [-0.39, 0.29) is 17.8 Å². The van der Waals surface area contributed by atoms with Crippen LogP contribution in [0.5, 0.6) is 40.8 Å². The van der Waals surface area contributed by atoms with Crippen LogP contribution in [-0.4, -0.2) is 16.0 Å². The minimum atomic E-state index is -0.709. The Balaban J connectivity index is 1.46. The summed E-state index contributed by atoms with van der Waals surface area (Å²) in [4.78, 5) is 19.8. The van der Waals surface area contributed by atoms with Crippen molar-refractivity contribution in [2.24, 2.45) is 5.73 Å². The van der Waals surface area contributed by atoms with E-state index in [1.165, 1.54) is 6.26 Å². The number of fused-ring (bicyclic) bond motifs is 1. The maximum absolute atomic E-state index is 11.2. The number of benzene rings is 3. The highest BCUT2D eigenvalue weighted by Crippen LogP contribution is 2.40. The molecule has 1 aliphatic heterocycles. The zero-order valence-corrected chi connectivity index (χ0v) is 19.0. The Morgan fingerprint density at radius 1 is 0.919 bits per heavy atom. The first-order valence-corrected chi connectivity index (χ1v) is 10.9. The summed E-state index contributed by atoms with van der Waals surface area (Å²) >= 11 is 0. The zero-order valence-electron chi connectivity index (χ0n) is 19.0. The Morgan fingerprint density at radius 3 is 2.49 bits per heavy atom. The third-order valence-corrected chi connectivity index (χ3v) is 4.81. The van der Waals surface area contributed by atoms with Crippen LogP contribution in [0.1, 0.15) is 5.56 Å². The molecule has 0 aliphatic carbocycles. The van der Waals surface area contributed by atoms with Crippen molar-refractivity contribution in [1.82, 2.24) is 9.97 Å². The van der Waals surface area contributed by atoms with Gasteiger partial charge in [0.05, 0.1) is 11.6 Å². The third kappa shape index (κ3) is 5.67. The number of carbonyl (C=O) groups excluding carboxylic acids is 1. The van der Waals surface area contributed by atoms with Crippen molar-refractivity contribution in [3.63, 3.8) is 0 Å². The molecule has 1 aliphatic rings. The van der Waals surface area contributed by atoms with Crippen molar-refractivity contribution in [2.45, 2.75) is 0 Å². The molecule has 3 aromatic carbocycles. The average molecular weight is 494 g/mol. The van der Waals surface area contributed by atoms with Crippen LogP contribution in [0.2, 0.25) is 0 Å². The number of ether oxygens (including phenoxy) is 4. The maximum Gasteiger partial charge on any atom is 0.328 e. The molecule has 0 saturated carbocycles. The van der Waals surface area contributed by atoms with Crippen molar-refractivity contribution in [1.29, 1.82) is 5.26 Å². The molecule has 182 valence electrons. The number of urea groups is 1. The van der Waals surface area contributed by atoms with Gasteiger partial charge in [-0.25, -0.2) is 4.79 Å². The smallest absolute Gasteiger partial charge is 0.328 e. The van der Waals surface area contributed by atoms with Gasteiger partial charge in [0.2, 0.25) is 0 Å². The maximum atomic E-state index is 11.2. The first-order valence-electron chi connectivity index (χ1n) is 10.9. The summed E-state index contributed by atoms with van der Waals surface area (Å²) in [5.74, 6) is 1.87. The third-order valence-electron chi connectivity index (χ3n) is 4.81. The van der Waals surface area contributed by atoms with Crippen LogP contribution in [0.3, 0.4) is 0 Å². The first kappa shape index (κ1) is 23.0. The van der Waals surface area contributed by atoms with Gasteiger partial charge in [-0.2, -0.15) is 15.2 Å². The molecular weight excluding hydrogens is 476 g/mol. The van der Waals surface area contributed by atoms with Crippen LogP contribution in [0.4, 0.5) is 16.2 Å². The largest absolute Gasteiger partial charge is 0.457 e. The molecule has 2 amide bonds. The van der Waals surface area contributed by atoms with Gasteiger partial charge in [-0.3, -0.25) is 0 Å². The molecule has 0 bridgehead atoms. The van der Waals surface area contributed by atoms with E-state index in [0.717, 1.165) is 0 Å². The Morgan fingerprint density at radius 2 is 1.70 bits per heavy atom. The Kier molecular flexibility index (Phi) is 6.37. The lowest BCUT2D eigenvalue weighted by atomic mass is 10.2. The van der Waals surface area contributed by atoms with E-state index >= 15 is 0 Å². The van der Waals surface area contributed by atoms with E-state index in [9.17, 15) is 10.1 Å². The standard InChI is InChI=1S/C26H18N6O5/c27-15-16-11-20(35-18-6-2-1-3-7-18)14-21(12-16)36-24-22-23(34-10-9-29-22)31-26(32-24)37-19-8-4-5-17(13-19)30-25(28)33/h1-14,29H,(H3,28,30,33). The number of amides is 2. The molecular formula is C26H18N6O5. The summed E-state index contributed by atoms with van der Waals surface area (Å²) in [6.45, 7) is 0. The fraction of sp³-hybridized carbons (Fsp3) is 0.